The van der Waals surface area contributed by atoms with Gasteiger partial charge in [0.05, 0.1) is 5.56 Å². The number of ketones is 1. The van der Waals surface area contributed by atoms with E-state index < -0.39 is 0 Å². The van der Waals surface area contributed by atoms with E-state index >= 15 is 0 Å². The summed E-state index contributed by atoms with van der Waals surface area (Å²) in [5, 5.41) is 4.47. The number of carbonyl (C=O) groups is 1. The van der Waals surface area contributed by atoms with Crippen LogP contribution in [0.1, 0.15) is 41.4 Å². The maximum atomic E-state index is 13.2. The molecule has 1 aromatic heterocycles. The number of nitrogens with one attached hydrogen (secondary N) is 1. The van der Waals surface area contributed by atoms with Crippen LogP contribution in [-0.4, -0.2) is 30.0 Å². The molecule has 0 fully saturated rings. The minimum atomic E-state index is 0.0559. The average molecular weight is 362 g/mol. The fraction of sp³-hybridized carbons (Fsp3) is 0.348. The Hall–Kier alpha value is -2.59. The zero-order valence-corrected chi connectivity index (χ0v) is 16.0. The molecule has 0 saturated carbocycles. The van der Waals surface area contributed by atoms with Crippen LogP contribution in [0.4, 0.5) is 0 Å². The van der Waals surface area contributed by atoms with Gasteiger partial charge in [0, 0.05) is 42.7 Å². The summed E-state index contributed by atoms with van der Waals surface area (Å²) in [6.45, 7) is 7.06. The van der Waals surface area contributed by atoms with Gasteiger partial charge in [-0.05, 0) is 23.6 Å². The Morgan fingerprint density at radius 1 is 1.11 bits per heavy atom. The van der Waals surface area contributed by atoms with Crippen LogP contribution in [0.15, 0.2) is 48.5 Å². The Bertz CT molecular complexity index is 972. The highest BCUT2D eigenvalue weighted by Gasteiger charge is 2.23. The molecule has 0 radical (unpaired) electrons. The summed E-state index contributed by atoms with van der Waals surface area (Å²) in [6.07, 6.45) is 0.859. The van der Waals surface area contributed by atoms with Crippen LogP contribution in [-0.2, 0) is 13.0 Å². The van der Waals surface area contributed by atoms with E-state index in [1.54, 1.807) is 0 Å². The maximum absolute atomic E-state index is 13.2. The normalized spacial score (nSPS) is 14.2. The number of carbonyl (C=O) groups excluding carboxylic acids is 1. The molecule has 27 heavy (non-hydrogen) atoms. The summed E-state index contributed by atoms with van der Waals surface area (Å²) in [7, 11) is 0. The summed E-state index contributed by atoms with van der Waals surface area (Å²) in [5.41, 5.74) is 4.24. The molecule has 1 aliphatic rings. The molecule has 0 unspecified atom stereocenters. The molecule has 2 aromatic carbocycles. The third kappa shape index (κ3) is 3.37. The van der Waals surface area contributed by atoms with Crippen LogP contribution < -0.4 is 10.1 Å². The lowest BCUT2D eigenvalue weighted by molar-refractivity contribution is 0.0921. The van der Waals surface area contributed by atoms with E-state index in [9.17, 15) is 4.79 Å². The van der Waals surface area contributed by atoms with Gasteiger partial charge in [-0.3, -0.25) is 4.79 Å². The number of aromatic nitrogens is 1. The topological polar surface area (TPSA) is 43.3 Å². The molecule has 4 heteroatoms. The average Bonchev–Trinajstić information content (AvgIpc) is 2.82. The number of fused-ring (bicyclic) bond motifs is 3. The lowest BCUT2D eigenvalue weighted by atomic mass is 10.0. The summed E-state index contributed by atoms with van der Waals surface area (Å²) >= 11 is 0. The molecule has 0 spiro atoms. The van der Waals surface area contributed by atoms with Gasteiger partial charge in [0.25, 0.3) is 0 Å². The van der Waals surface area contributed by atoms with Crippen molar-refractivity contribution in [2.45, 2.75) is 32.7 Å². The van der Waals surface area contributed by atoms with Crippen LogP contribution >= 0.6 is 0 Å². The highest BCUT2D eigenvalue weighted by molar-refractivity contribution is 6.10. The van der Waals surface area contributed by atoms with Crippen molar-refractivity contribution in [3.05, 3.63) is 65.4 Å². The molecule has 1 aliphatic heterocycles. The van der Waals surface area contributed by atoms with Crippen molar-refractivity contribution in [2.24, 2.45) is 0 Å². The molecule has 0 bridgehead atoms. The lowest BCUT2D eigenvalue weighted by Crippen LogP contribution is -2.18. The zero-order valence-electron chi connectivity index (χ0n) is 16.0. The first-order chi connectivity index (χ1) is 13.2. The molecule has 3 aromatic rings. The Labute approximate surface area is 160 Å². The molecule has 0 aliphatic carbocycles. The molecule has 2 heterocycles. The van der Waals surface area contributed by atoms with Crippen molar-refractivity contribution in [3.63, 3.8) is 0 Å². The van der Waals surface area contributed by atoms with E-state index in [1.165, 1.54) is 0 Å². The maximum Gasteiger partial charge on any atom is 0.202 e. The minimum Gasteiger partial charge on any atom is -0.485 e. The number of para-hydroxylation sites is 2. The first-order valence-electron chi connectivity index (χ1n) is 9.72. The number of hydrogen-bond acceptors (Lipinski definition) is 3. The zero-order chi connectivity index (χ0) is 18.8. The molecule has 140 valence electrons. The van der Waals surface area contributed by atoms with Crippen LogP contribution in [0.25, 0.3) is 10.9 Å². The van der Waals surface area contributed by atoms with Crippen molar-refractivity contribution in [1.29, 1.82) is 0 Å². The quantitative estimate of drug-likeness (QED) is 0.693. The number of Topliss-reactive ketones (excluding diaryl/α,β-unsaturated/α-hetero) is 1. The Morgan fingerprint density at radius 2 is 1.89 bits per heavy atom. The number of hydrogen-bond donors (Lipinski definition) is 1. The number of benzene rings is 2. The van der Waals surface area contributed by atoms with E-state index in [0.717, 1.165) is 59.5 Å². The fourth-order valence-corrected chi connectivity index (χ4v) is 4.01. The summed E-state index contributed by atoms with van der Waals surface area (Å²) in [5.74, 6) is 1.21. The molecule has 4 nitrogen and oxygen atoms in total. The minimum absolute atomic E-state index is 0.0559. The van der Waals surface area contributed by atoms with E-state index in [-0.39, 0.29) is 12.4 Å². The molecular weight excluding hydrogens is 336 g/mol. The fourth-order valence-electron chi connectivity index (χ4n) is 4.01. The van der Waals surface area contributed by atoms with E-state index in [2.05, 4.69) is 41.9 Å². The van der Waals surface area contributed by atoms with Gasteiger partial charge in [0.2, 0.25) is 5.78 Å². The number of nitrogens with zero attached hydrogens (tertiary/aromatic N) is 1. The monoisotopic (exact) mass is 362 g/mol. The largest absolute Gasteiger partial charge is 0.485 e. The first-order valence-corrected chi connectivity index (χ1v) is 9.72. The Kier molecular flexibility index (Phi) is 4.99. The third-order valence-corrected chi connectivity index (χ3v) is 5.31. The van der Waals surface area contributed by atoms with Crippen molar-refractivity contribution in [1.82, 2.24) is 9.88 Å². The molecule has 0 amide bonds. The van der Waals surface area contributed by atoms with Gasteiger partial charge in [-0.25, -0.2) is 0 Å². The van der Waals surface area contributed by atoms with Crippen molar-refractivity contribution >= 4 is 16.7 Å². The van der Waals surface area contributed by atoms with Crippen LogP contribution in [0.3, 0.4) is 0 Å². The number of ether oxygens (including phenoxy) is 1. The summed E-state index contributed by atoms with van der Waals surface area (Å²) < 4.78 is 8.28. The van der Waals surface area contributed by atoms with Crippen molar-refractivity contribution < 1.29 is 9.53 Å². The Morgan fingerprint density at radius 3 is 2.74 bits per heavy atom. The van der Waals surface area contributed by atoms with Gasteiger partial charge in [-0.15, -0.1) is 0 Å². The highest BCUT2D eigenvalue weighted by atomic mass is 16.5. The van der Waals surface area contributed by atoms with Gasteiger partial charge in [0.1, 0.15) is 5.75 Å². The second kappa shape index (κ2) is 7.57. The molecule has 0 saturated heterocycles. The SMILES string of the molecule is CC(C)c1ccccc1OCC(=O)c1c2n(c3ccccc13)CCNCC2. The molecule has 4 rings (SSSR count). The predicted octanol–water partition coefficient (Wildman–Crippen LogP) is 4.17. The standard InChI is InChI=1S/C23H26N2O2/c1-16(2)17-7-4-6-10-22(17)27-15-21(26)23-18-8-3-5-9-19(18)25-14-13-24-12-11-20(23)25/h3-10,16,24H,11-15H2,1-2H3. The van der Waals surface area contributed by atoms with Gasteiger partial charge in [-0.1, -0.05) is 50.2 Å². The van der Waals surface area contributed by atoms with E-state index in [1.807, 2.05) is 30.3 Å². The highest BCUT2D eigenvalue weighted by Crippen LogP contribution is 2.29. The van der Waals surface area contributed by atoms with E-state index in [4.69, 9.17) is 4.74 Å². The molecule has 1 N–H and O–H groups in total. The van der Waals surface area contributed by atoms with Gasteiger partial charge >= 0.3 is 0 Å². The van der Waals surface area contributed by atoms with Crippen LogP contribution in [0.2, 0.25) is 0 Å². The van der Waals surface area contributed by atoms with Gasteiger partial charge in [0.15, 0.2) is 6.61 Å². The van der Waals surface area contributed by atoms with Crippen molar-refractivity contribution in [3.8, 4) is 5.75 Å². The van der Waals surface area contributed by atoms with E-state index in [0.29, 0.717) is 5.92 Å². The second-order valence-corrected chi connectivity index (χ2v) is 7.39. The van der Waals surface area contributed by atoms with Crippen LogP contribution in [0.5, 0.6) is 5.75 Å². The molecular formula is C23H26N2O2. The second-order valence-electron chi connectivity index (χ2n) is 7.39. The predicted molar refractivity (Wildman–Crippen MR) is 109 cm³/mol. The van der Waals surface area contributed by atoms with Gasteiger partial charge in [-0.2, -0.15) is 0 Å². The van der Waals surface area contributed by atoms with Crippen LogP contribution in [0, 0.1) is 0 Å². The van der Waals surface area contributed by atoms with Crippen molar-refractivity contribution in [2.75, 3.05) is 19.7 Å². The molecule has 0 atom stereocenters. The van der Waals surface area contributed by atoms with Gasteiger partial charge < -0.3 is 14.6 Å². The first kappa shape index (κ1) is 17.8. The number of rotatable bonds is 5. The summed E-state index contributed by atoms with van der Waals surface area (Å²) in [6, 6.07) is 16.2. The Balaban J connectivity index is 1.67. The summed E-state index contributed by atoms with van der Waals surface area (Å²) in [4.78, 5) is 13.2. The third-order valence-electron chi connectivity index (χ3n) is 5.31. The lowest BCUT2D eigenvalue weighted by Gasteiger charge is -2.13. The smallest absolute Gasteiger partial charge is 0.202 e.